The summed E-state index contributed by atoms with van der Waals surface area (Å²) in [4.78, 5) is 4.33. The molecular weight excluding hydrogens is 210 g/mol. The molecule has 0 fully saturated rings. The molecule has 1 heterocycles. The number of hydrogen-bond acceptors (Lipinski definition) is 3. The number of nitrogen functional groups attached to an aromatic ring is 1. The molecule has 1 unspecified atom stereocenters. The van der Waals surface area contributed by atoms with Crippen LogP contribution in [0, 0.1) is 12.8 Å². The molecule has 0 saturated heterocycles. The third-order valence-corrected chi connectivity index (χ3v) is 2.96. The quantitative estimate of drug-likeness (QED) is 0.792. The van der Waals surface area contributed by atoms with E-state index in [0.717, 1.165) is 23.0 Å². The van der Waals surface area contributed by atoms with Crippen molar-refractivity contribution in [1.82, 2.24) is 4.98 Å². The first-order valence-corrected chi connectivity index (χ1v) is 6.47. The first-order chi connectivity index (χ1) is 7.99. The van der Waals surface area contributed by atoms with E-state index in [2.05, 4.69) is 31.1 Å². The van der Waals surface area contributed by atoms with Crippen LogP contribution < -0.4 is 11.1 Å². The van der Waals surface area contributed by atoms with Crippen molar-refractivity contribution in [2.24, 2.45) is 5.92 Å². The smallest absolute Gasteiger partial charge is 0.128 e. The van der Waals surface area contributed by atoms with Gasteiger partial charge in [-0.2, -0.15) is 0 Å². The second kappa shape index (κ2) is 6.48. The van der Waals surface area contributed by atoms with Gasteiger partial charge in [0.05, 0.1) is 0 Å². The van der Waals surface area contributed by atoms with Gasteiger partial charge in [-0.3, -0.25) is 0 Å². The second-order valence-electron chi connectivity index (χ2n) is 5.30. The summed E-state index contributed by atoms with van der Waals surface area (Å²) in [5, 5.41) is 3.39. The SMILES string of the molecule is Cc1cnc(NC(C)CCCC(C)C)cc1N. The molecule has 0 saturated carbocycles. The first-order valence-electron chi connectivity index (χ1n) is 6.47. The van der Waals surface area contributed by atoms with E-state index in [0.29, 0.717) is 6.04 Å². The Hall–Kier alpha value is -1.25. The van der Waals surface area contributed by atoms with Crippen LogP contribution in [0.4, 0.5) is 11.5 Å². The van der Waals surface area contributed by atoms with E-state index >= 15 is 0 Å². The van der Waals surface area contributed by atoms with Gasteiger partial charge in [0.25, 0.3) is 0 Å². The lowest BCUT2D eigenvalue weighted by Gasteiger charge is -2.15. The highest BCUT2D eigenvalue weighted by atomic mass is 15.0. The molecule has 1 rings (SSSR count). The van der Waals surface area contributed by atoms with Crippen molar-refractivity contribution >= 4 is 11.5 Å². The van der Waals surface area contributed by atoms with Crippen LogP contribution in [0.15, 0.2) is 12.3 Å². The van der Waals surface area contributed by atoms with Gasteiger partial charge in [-0.25, -0.2) is 4.98 Å². The molecule has 0 aliphatic carbocycles. The van der Waals surface area contributed by atoms with Gasteiger partial charge < -0.3 is 11.1 Å². The predicted molar refractivity (Wildman–Crippen MR) is 75.2 cm³/mol. The zero-order valence-electron chi connectivity index (χ0n) is 11.5. The van der Waals surface area contributed by atoms with Gasteiger partial charge >= 0.3 is 0 Å². The Bertz CT molecular complexity index is 347. The van der Waals surface area contributed by atoms with Crippen molar-refractivity contribution in [2.75, 3.05) is 11.1 Å². The van der Waals surface area contributed by atoms with E-state index in [9.17, 15) is 0 Å². The molecule has 0 radical (unpaired) electrons. The van der Waals surface area contributed by atoms with Gasteiger partial charge in [0.1, 0.15) is 5.82 Å². The van der Waals surface area contributed by atoms with Crippen LogP contribution in [-0.2, 0) is 0 Å². The predicted octanol–water partition coefficient (Wildman–Crippen LogP) is 3.60. The van der Waals surface area contributed by atoms with Crippen LogP contribution >= 0.6 is 0 Å². The lowest BCUT2D eigenvalue weighted by atomic mass is 10.0. The zero-order valence-corrected chi connectivity index (χ0v) is 11.5. The summed E-state index contributed by atoms with van der Waals surface area (Å²) < 4.78 is 0. The number of aromatic nitrogens is 1. The molecule has 0 amide bonds. The zero-order chi connectivity index (χ0) is 12.8. The van der Waals surface area contributed by atoms with E-state index in [1.54, 1.807) is 0 Å². The maximum absolute atomic E-state index is 5.86. The van der Waals surface area contributed by atoms with E-state index in [1.165, 1.54) is 19.3 Å². The highest BCUT2D eigenvalue weighted by molar-refractivity contribution is 5.53. The molecule has 3 nitrogen and oxygen atoms in total. The summed E-state index contributed by atoms with van der Waals surface area (Å²) in [5.41, 5.74) is 7.69. The molecule has 0 aromatic carbocycles. The minimum Gasteiger partial charge on any atom is -0.398 e. The van der Waals surface area contributed by atoms with Crippen molar-refractivity contribution in [3.63, 3.8) is 0 Å². The molecular formula is C14H25N3. The fourth-order valence-electron chi connectivity index (χ4n) is 1.78. The third-order valence-electron chi connectivity index (χ3n) is 2.96. The Morgan fingerprint density at radius 1 is 1.29 bits per heavy atom. The minimum absolute atomic E-state index is 0.448. The number of anilines is 2. The number of nitrogens with two attached hydrogens (primary N) is 1. The van der Waals surface area contributed by atoms with Crippen LogP contribution in [0.2, 0.25) is 0 Å². The maximum Gasteiger partial charge on any atom is 0.128 e. The molecule has 0 aliphatic heterocycles. The van der Waals surface area contributed by atoms with Gasteiger partial charge in [-0.1, -0.05) is 26.7 Å². The number of hydrogen-bond donors (Lipinski definition) is 2. The third kappa shape index (κ3) is 5.07. The van der Waals surface area contributed by atoms with Gasteiger partial charge in [0, 0.05) is 24.0 Å². The lowest BCUT2D eigenvalue weighted by Crippen LogP contribution is -2.16. The number of nitrogens with zero attached hydrogens (tertiary/aromatic N) is 1. The second-order valence-corrected chi connectivity index (χ2v) is 5.30. The average molecular weight is 235 g/mol. The molecule has 0 aliphatic rings. The van der Waals surface area contributed by atoms with Crippen LogP contribution in [0.3, 0.4) is 0 Å². The van der Waals surface area contributed by atoms with Crippen molar-refractivity contribution < 1.29 is 0 Å². The first kappa shape index (κ1) is 13.8. The summed E-state index contributed by atoms with van der Waals surface area (Å²) in [6.07, 6.45) is 5.54. The summed E-state index contributed by atoms with van der Waals surface area (Å²) in [6.45, 7) is 8.69. The van der Waals surface area contributed by atoms with Gasteiger partial charge in [-0.05, 0) is 31.7 Å². The number of aryl methyl sites for hydroxylation is 1. The van der Waals surface area contributed by atoms with Crippen LogP contribution in [0.25, 0.3) is 0 Å². The topological polar surface area (TPSA) is 50.9 Å². The highest BCUT2D eigenvalue weighted by Gasteiger charge is 2.05. The molecule has 1 aromatic rings. The van der Waals surface area contributed by atoms with E-state index in [1.807, 2.05) is 19.2 Å². The lowest BCUT2D eigenvalue weighted by molar-refractivity contribution is 0.520. The largest absolute Gasteiger partial charge is 0.398 e. The highest BCUT2D eigenvalue weighted by Crippen LogP contribution is 2.16. The fourth-order valence-corrected chi connectivity index (χ4v) is 1.78. The Labute approximate surface area is 105 Å². The molecule has 1 aromatic heterocycles. The molecule has 0 spiro atoms. The molecule has 1 atom stereocenters. The monoisotopic (exact) mass is 235 g/mol. The number of pyridine rings is 1. The maximum atomic E-state index is 5.86. The molecule has 96 valence electrons. The summed E-state index contributed by atoms with van der Waals surface area (Å²) in [6, 6.07) is 2.36. The molecule has 3 heteroatoms. The Morgan fingerprint density at radius 3 is 2.59 bits per heavy atom. The summed E-state index contributed by atoms with van der Waals surface area (Å²) in [7, 11) is 0. The summed E-state index contributed by atoms with van der Waals surface area (Å²) >= 11 is 0. The molecule has 3 N–H and O–H groups in total. The Balaban J connectivity index is 2.39. The average Bonchev–Trinajstić information content (AvgIpc) is 2.23. The minimum atomic E-state index is 0.448. The van der Waals surface area contributed by atoms with Crippen molar-refractivity contribution in [3.05, 3.63) is 17.8 Å². The van der Waals surface area contributed by atoms with E-state index in [-0.39, 0.29) is 0 Å². The van der Waals surface area contributed by atoms with Gasteiger partial charge in [0.15, 0.2) is 0 Å². The molecule has 0 bridgehead atoms. The van der Waals surface area contributed by atoms with Gasteiger partial charge in [-0.15, -0.1) is 0 Å². The van der Waals surface area contributed by atoms with Crippen molar-refractivity contribution in [1.29, 1.82) is 0 Å². The Kier molecular flexibility index (Phi) is 5.26. The summed E-state index contributed by atoms with van der Waals surface area (Å²) in [5.74, 6) is 1.67. The van der Waals surface area contributed by atoms with Crippen molar-refractivity contribution in [3.8, 4) is 0 Å². The van der Waals surface area contributed by atoms with Gasteiger partial charge in [0.2, 0.25) is 0 Å². The number of nitrogens with one attached hydrogen (secondary N) is 1. The molecule has 17 heavy (non-hydrogen) atoms. The van der Waals surface area contributed by atoms with Crippen LogP contribution in [0.1, 0.15) is 45.6 Å². The normalized spacial score (nSPS) is 12.8. The van der Waals surface area contributed by atoms with Crippen LogP contribution in [-0.4, -0.2) is 11.0 Å². The van der Waals surface area contributed by atoms with Crippen molar-refractivity contribution in [2.45, 2.75) is 53.0 Å². The van der Waals surface area contributed by atoms with E-state index in [4.69, 9.17) is 5.73 Å². The standard InChI is InChI=1S/C14H25N3/c1-10(2)6-5-7-12(4)17-14-8-13(15)11(3)9-16-14/h8-10,12H,5-7H2,1-4H3,(H3,15,16,17). The Morgan fingerprint density at radius 2 is 2.00 bits per heavy atom. The van der Waals surface area contributed by atoms with Crippen LogP contribution in [0.5, 0.6) is 0 Å². The number of rotatable bonds is 6. The fraction of sp³-hybridized carbons (Fsp3) is 0.643. The van der Waals surface area contributed by atoms with E-state index < -0.39 is 0 Å².